The normalized spacial score (nSPS) is 27.4. The molecule has 0 bridgehead atoms. The Balaban J connectivity index is 1.20. The number of nitrogens with one attached hydrogen (secondary N) is 3. The highest BCUT2D eigenvalue weighted by Crippen LogP contribution is 2.48. The zero-order valence-electron chi connectivity index (χ0n) is 28.5. The highest BCUT2D eigenvalue weighted by Gasteiger charge is 2.62. The fourth-order valence-electron chi connectivity index (χ4n) is 7.58. The number of halogens is 3. The van der Waals surface area contributed by atoms with E-state index in [2.05, 4.69) is 20.3 Å². The lowest BCUT2D eigenvalue weighted by atomic mass is 10.0. The van der Waals surface area contributed by atoms with Crippen LogP contribution in [0.2, 0.25) is 0 Å². The van der Waals surface area contributed by atoms with Crippen molar-refractivity contribution in [1.82, 2.24) is 19.9 Å². The summed E-state index contributed by atoms with van der Waals surface area (Å²) in [5, 5.41) is 6.91. The van der Waals surface area contributed by atoms with Gasteiger partial charge in [-0.1, -0.05) is 56.4 Å². The van der Waals surface area contributed by atoms with Crippen LogP contribution in [0.5, 0.6) is 5.88 Å². The van der Waals surface area contributed by atoms with Gasteiger partial charge in [-0.25, -0.2) is 13.4 Å². The van der Waals surface area contributed by atoms with E-state index in [1.54, 1.807) is 6.20 Å². The summed E-state index contributed by atoms with van der Waals surface area (Å²) in [4.78, 5) is 48.3. The molecule has 5 atom stereocenters. The first-order chi connectivity index (χ1) is 24.8. The largest absolute Gasteiger partial charge is 0.472 e. The van der Waals surface area contributed by atoms with Crippen molar-refractivity contribution in [3.8, 4) is 5.88 Å². The summed E-state index contributed by atoms with van der Waals surface area (Å²) < 4.78 is 75.0. The van der Waals surface area contributed by atoms with Crippen molar-refractivity contribution < 1.29 is 40.7 Å². The van der Waals surface area contributed by atoms with Crippen LogP contribution < -0.4 is 20.1 Å². The van der Waals surface area contributed by atoms with Gasteiger partial charge >= 0.3 is 6.18 Å². The lowest BCUT2D eigenvalue weighted by Crippen LogP contribution is -2.57. The molecule has 11 nitrogen and oxygen atoms in total. The predicted octanol–water partition coefficient (Wildman–Crippen LogP) is 5.31. The number of alkyl halides is 3. The van der Waals surface area contributed by atoms with Crippen LogP contribution in [0.1, 0.15) is 76.2 Å². The Hall–Kier alpha value is -4.40. The van der Waals surface area contributed by atoms with Crippen LogP contribution in [-0.2, 0) is 30.6 Å². The summed E-state index contributed by atoms with van der Waals surface area (Å²) in [7, 11) is -3.89. The molecule has 2 aromatic carbocycles. The molecular weight excluding hydrogens is 699 g/mol. The second-order valence-electron chi connectivity index (χ2n) is 14.5. The molecule has 2 saturated heterocycles. The van der Waals surface area contributed by atoms with E-state index < -0.39 is 68.5 Å². The molecule has 1 aromatic heterocycles. The van der Waals surface area contributed by atoms with Gasteiger partial charge in [-0.05, 0) is 73.7 Å². The average molecular weight is 742 g/mol. The fourth-order valence-corrected chi connectivity index (χ4v) is 8.95. The number of rotatable bonds is 7. The lowest BCUT2D eigenvalue weighted by Gasteiger charge is -2.30. The van der Waals surface area contributed by atoms with E-state index in [9.17, 15) is 36.0 Å². The van der Waals surface area contributed by atoms with Gasteiger partial charge in [0.05, 0.1) is 17.4 Å². The number of carbonyl (C=O) groups is 3. The van der Waals surface area contributed by atoms with E-state index >= 15 is 0 Å². The Morgan fingerprint density at radius 2 is 1.71 bits per heavy atom. The van der Waals surface area contributed by atoms with E-state index in [1.807, 2.05) is 30.3 Å². The maximum atomic E-state index is 14.5. The Morgan fingerprint density at radius 1 is 0.962 bits per heavy atom. The number of sulfonamides is 1. The third-order valence-corrected chi connectivity index (χ3v) is 12.5. The number of ether oxygens (including phenoxy) is 1. The van der Waals surface area contributed by atoms with E-state index in [0.717, 1.165) is 48.6 Å². The molecule has 0 unspecified atom stereocenters. The minimum Gasteiger partial charge on any atom is -0.472 e. The van der Waals surface area contributed by atoms with Gasteiger partial charge in [0.15, 0.2) is 0 Å². The van der Waals surface area contributed by atoms with Crippen molar-refractivity contribution in [3.63, 3.8) is 0 Å². The van der Waals surface area contributed by atoms with Gasteiger partial charge in [0.25, 0.3) is 5.91 Å². The van der Waals surface area contributed by atoms with Crippen LogP contribution in [0.4, 0.5) is 18.9 Å². The first-order valence-corrected chi connectivity index (χ1v) is 19.5. The quantitative estimate of drug-likeness (QED) is 0.296. The third-order valence-electron chi connectivity index (χ3n) is 10.7. The molecule has 2 aliphatic carbocycles. The first kappa shape index (κ1) is 36.0. The fraction of sp³-hybridized carbons (Fsp3) is 0.514. The van der Waals surface area contributed by atoms with Gasteiger partial charge in [0.1, 0.15) is 23.7 Å². The molecule has 3 heterocycles. The van der Waals surface area contributed by atoms with Crippen molar-refractivity contribution in [1.29, 1.82) is 0 Å². The minimum absolute atomic E-state index is 0.0265. The van der Waals surface area contributed by atoms with Gasteiger partial charge in [0.2, 0.25) is 27.7 Å². The van der Waals surface area contributed by atoms with E-state index in [1.165, 1.54) is 17.0 Å². The third kappa shape index (κ3) is 7.69. The zero-order chi connectivity index (χ0) is 36.7. The summed E-state index contributed by atoms with van der Waals surface area (Å²) >= 11 is 0. The van der Waals surface area contributed by atoms with Gasteiger partial charge in [-0.2, -0.15) is 13.2 Å². The number of hydrogen-bond acceptors (Lipinski definition) is 8. The number of nitrogens with zero attached hydrogens (tertiary/aromatic N) is 2. The number of fused-ring (bicyclic) bond motifs is 3. The molecule has 3 aromatic rings. The van der Waals surface area contributed by atoms with Crippen LogP contribution in [0.3, 0.4) is 0 Å². The van der Waals surface area contributed by atoms with Gasteiger partial charge in [0, 0.05) is 23.7 Å². The molecule has 52 heavy (non-hydrogen) atoms. The molecular formula is C37H42F3N5O6S. The second-order valence-corrected chi connectivity index (χ2v) is 16.4. The van der Waals surface area contributed by atoms with Crippen LogP contribution in [0, 0.1) is 5.92 Å². The molecule has 0 radical (unpaired) electrons. The average Bonchev–Trinajstić information content (AvgIpc) is 4.04. The van der Waals surface area contributed by atoms with Crippen molar-refractivity contribution >= 4 is 44.2 Å². The standard InChI is InChI=1S/C37H42F3N5O6S/c38-37(39,40)24-11-8-12-26(19-24)42-30-14-5-3-1-2-4-10-25-21-36(25,35(48)44-52(49,50)28-15-16-28)43-32(46)31-20-27(22-45(31)34(30)47)51-33-29-13-7-6-9-23(29)17-18-41-33/h6-9,11-13,17-19,25,27-28,30-31,42H,1-5,10,14-16,20-22H2,(H,43,46)(H,44,48)/t25-,27-,30+,31+,36-/m1/s1. The smallest absolute Gasteiger partial charge is 0.416 e. The molecule has 278 valence electrons. The Bertz CT molecular complexity index is 1950. The van der Waals surface area contributed by atoms with Gasteiger partial charge < -0.3 is 20.3 Å². The molecule has 2 aliphatic heterocycles. The highest BCUT2D eigenvalue weighted by atomic mass is 32.2. The molecule has 4 fully saturated rings. The van der Waals surface area contributed by atoms with Gasteiger partial charge in [-0.15, -0.1) is 0 Å². The number of carbonyl (C=O) groups excluding carboxylic acids is 3. The molecule has 4 aliphatic rings. The molecule has 7 rings (SSSR count). The van der Waals surface area contributed by atoms with Crippen LogP contribution >= 0.6 is 0 Å². The second kappa shape index (κ2) is 14.2. The van der Waals surface area contributed by atoms with Crippen molar-refractivity contribution in [2.75, 3.05) is 11.9 Å². The van der Waals surface area contributed by atoms with Crippen molar-refractivity contribution in [3.05, 3.63) is 66.4 Å². The van der Waals surface area contributed by atoms with Gasteiger partial charge in [-0.3, -0.25) is 19.1 Å². The minimum atomic E-state index is -4.58. The maximum Gasteiger partial charge on any atom is 0.416 e. The number of anilines is 1. The van der Waals surface area contributed by atoms with Crippen LogP contribution in [-0.4, -0.2) is 71.5 Å². The SMILES string of the molecule is O=C1N[C@]2(C(=O)NS(=O)(=O)C3CC3)C[C@H]2CCCCCCC[C@H](Nc2cccc(C(F)(F)F)c2)C(=O)N2C[C@H](Oc3nccc4ccccc34)C[C@@H]12. The number of amides is 3. The van der Waals surface area contributed by atoms with Crippen LogP contribution in [0.15, 0.2) is 60.8 Å². The lowest BCUT2D eigenvalue weighted by molar-refractivity contribution is -0.140. The summed E-state index contributed by atoms with van der Waals surface area (Å²) in [6.45, 7) is -0.0265. The van der Waals surface area contributed by atoms with Crippen molar-refractivity contribution in [2.24, 2.45) is 5.92 Å². The van der Waals surface area contributed by atoms with E-state index in [0.29, 0.717) is 38.0 Å². The molecule has 3 N–H and O–H groups in total. The number of hydrogen-bond donors (Lipinski definition) is 3. The van der Waals surface area contributed by atoms with E-state index in [-0.39, 0.29) is 31.0 Å². The zero-order valence-corrected chi connectivity index (χ0v) is 29.3. The monoisotopic (exact) mass is 741 g/mol. The van der Waals surface area contributed by atoms with Crippen LogP contribution in [0.25, 0.3) is 10.8 Å². The molecule has 15 heteroatoms. The Labute approximate surface area is 300 Å². The molecule has 3 amide bonds. The summed E-state index contributed by atoms with van der Waals surface area (Å²) in [6.07, 6.45) is 2.30. The van der Waals surface area contributed by atoms with Crippen molar-refractivity contribution in [2.45, 2.75) is 106 Å². The summed E-state index contributed by atoms with van der Waals surface area (Å²) in [5.41, 5.74) is -2.19. The maximum absolute atomic E-state index is 14.5. The number of aromatic nitrogens is 1. The summed E-state index contributed by atoms with van der Waals surface area (Å²) in [5.74, 6) is -1.84. The predicted molar refractivity (Wildman–Crippen MR) is 187 cm³/mol. The Kier molecular flexibility index (Phi) is 9.83. The first-order valence-electron chi connectivity index (χ1n) is 18.0. The number of pyridine rings is 1. The molecule has 2 saturated carbocycles. The summed E-state index contributed by atoms with van der Waals surface area (Å²) in [6, 6.07) is 11.9. The highest BCUT2D eigenvalue weighted by molar-refractivity contribution is 7.91. The molecule has 0 spiro atoms. The topological polar surface area (TPSA) is 147 Å². The Morgan fingerprint density at radius 3 is 2.48 bits per heavy atom. The number of benzene rings is 2. The van der Waals surface area contributed by atoms with E-state index in [4.69, 9.17) is 4.74 Å².